The van der Waals surface area contributed by atoms with Gasteiger partial charge in [-0.3, -0.25) is 4.98 Å². The highest BCUT2D eigenvalue weighted by Gasteiger charge is 2.15. The van der Waals surface area contributed by atoms with Crippen LogP contribution in [-0.2, 0) is 17.9 Å². The molecule has 3 heterocycles. The molecule has 0 unspecified atom stereocenters. The summed E-state index contributed by atoms with van der Waals surface area (Å²) in [5.41, 5.74) is 3.45. The van der Waals surface area contributed by atoms with E-state index in [2.05, 4.69) is 15.0 Å². The van der Waals surface area contributed by atoms with E-state index < -0.39 is 0 Å². The van der Waals surface area contributed by atoms with Crippen molar-refractivity contribution in [2.45, 2.75) is 17.9 Å². The van der Waals surface area contributed by atoms with Gasteiger partial charge < -0.3 is 4.98 Å². The van der Waals surface area contributed by atoms with E-state index in [0.29, 0.717) is 6.42 Å². The first kappa shape index (κ1) is 10.9. The minimum absolute atomic E-state index is 0.711. The lowest BCUT2D eigenvalue weighted by atomic mass is 10.2. The van der Waals surface area contributed by atoms with Crippen LogP contribution in [0.5, 0.6) is 0 Å². The van der Waals surface area contributed by atoms with Crippen molar-refractivity contribution in [1.82, 2.24) is 15.0 Å². The molecule has 0 aliphatic carbocycles. The van der Waals surface area contributed by atoms with Gasteiger partial charge in [-0.25, -0.2) is 4.98 Å². The molecule has 0 spiro atoms. The van der Waals surface area contributed by atoms with Crippen LogP contribution in [-0.4, -0.2) is 15.0 Å². The summed E-state index contributed by atoms with van der Waals surface area (Å²) in [6, 6.07) is 5.90. The normalized spacial score (nSPS) is 13.6. The average molecular weight is 261 g/mol. The lowest BCUT2D eigenvalue weighted by Gasteiger charge is -2.04. The van der Waals surface area contributed by atoms with Crippen molar-refractivity contribution in [2.24, 2.45) is 0 Å². The van der Waals surface area contributed by atoms with Crippen LogP contribution in [0.4, 0.5) is 0 Å². The molecule has 1 aliphatic rings. The highest BCUT2D eigenvalue weighted by Crippen LogP contribution is 2.28. The van der Waals surface area contributed by atoms with Crippen molar-refractivity contribution in [3.63, 3.8) is 0 Å². The Morgan fingerprint density at radius 2 is 2.29 bits per heavy atom. The van der Waals surface area contributed by atoms with Crippen LogP contribution in [0.15, 0.2) is 24.4 Å². The molecule has 1 N–H and O–H groups in total. The number of rotatable bonds is 2. The third-order valence-electron chi connectivity index (χ3n) is 2.72. The zero-order valence-corrected chi connectivity index (χ0v) is 10.8. The van der Waals surface area contributed by atoms with Crippen molar-refractivity contribution in [1.29, 1.82) is 0 Å². The maximum absolute atomic E-state index is 5.32. The van der Waals surface area contributed by atoms with Crippen LogP contribution in [0.25, 0.3) is 0 Å². The summed E-state index contributed by atoms with van der Waals surface area (Å²) in [6.45, 7) is 0. The Morgan fingerprint density at radius 3 is 3.12 bits per heavy atom. The fourth-order valence-corrected chi connectivity index (χ4v) is 3.35. The zero-order chi connectivity index (χ0) is 11.7. The monoisotopic (exact) mass is 261 g/mol. The van der Waals surface area contributed by atoms with Gasteiger partial charge >= 0.3 is 0 Å². The molecule has 1 aliphatic heterocycles. The molecular formula is C12H11N3S2. The number of H-pyrrole nitrogens is 1. The number of nitrogens with zero attached hydrogens (tertiary/aromatic N) is 2. The predicted octanol–water partition coefficient (Wildman–Crippen LogP) is 2.87. The fraction of sp³-hybridized carbons (Fsp3) is 0.250. The van der Waals surface area contributed by atoms with E-state index in [9.17, 15) is 0 Å². The predicted molar refractivity (Wildman–Crippen MR) is 71.5 cm³/mol. The van der Waals surface area contributed by atoms with Gasteiger partial charge in [0.25, 0.3) is 0 Å². The number of aromatic amines is 1. The Kier molecular flexibility index (Phi) is 2.94. The molecule has 3 rings (SSSR count). The SMILES string of the molecule is S=c1nc(Cc2ccccn2)[nH]c2c1CSC2. The van der Waals surface area contributed by atoms with Gasteiger partial charge in [0.1, 0.15) is 10.5 Å². The second-order valence-corrected chi connectivity index (χ2v) is 5.31. The molecule has 3 nitrogen and oxygen atoms in total. The van der Waals surface area contributed by atoms with Crippen LogP contribution in [0, 0.1) is 4.64 Å². The second kappa shape index (κ2) is 4.58. The standard InChI is InChI=1S/C12H11N3S2/c16-12-9-6-17-7-10(9)14-11(15-12)5-8-3-1-2-4-13-8/h1-4H,5-7H2,(H,14,15,16). The van der Waals surface area contributed by atoms with E-state index in [1.165, 1.54) is 11.3 Å². The number of aromatic nitrogens is 3. The highest BCUT2D eigenvalue weighted by molar-refractivity contribution is 7.98. The summed E-state index contributed by atoms with van der Waals surface area (Å²) in [5.74, 6) is 2.91. The second-order valence-electron chi connectivity index (χ2n) is 3.94. The van der Waals surface area contributed by atoms with E-state index in [1.807, 2.05) is 30.0 Å². The Balaban J connectivity index is 1.95. The van der Waals surface area contributed by atoms with E-state index in [1.54, 1.807) is 6.20 Å². The van der Waals surface area contributed by atoms with Crippen LogP contribution in [0.2, 0.25) is 0 Å². The molecule has 0 saturated carbocycles. The maximum atomic E-state index is 5.32. The van der Waals surface area contributed by atoms with Gasteiger partial charge in [-0.2, -0.15) is 11.8 Å². The van der Waals surface area contributed by atoms with Crippen LogP contribution in [0.1, 0.15) is 22.8 Å². The van der Waals surface area contributed by atoms with E-state index in [4.69, 9.17) is 12.2 Å². The number of pyridine rings is 1. The fourth-order valence-electron chi connectivity index (χ4n) is 1.88. The summed E-state index contributed by atoms with van der Waals surface area (Å²) in [6.07, 6.45) is 2.51. The summed E-state index contributed by atoms with van der Waals surface area (Å²) >= 11 is 7.20. The van der Waals surface area contributed by atoms with E-state index in [-0.39, 0.29) is 0 Å². The molecule has 0 saturated heterocycles. The van der Waals surface area contributed by atoms with Crippen LogP contribution < -0.4 is 0 Å². The van der Waals surface area contributed by atoms with Gasteiger partial charge in [0.15, 0.2) is 0 Å². The first-order valence-corrected chi connectivity index (χ1v) is 6.98. The number of nitrogens with one attached hydrogen (secondary N) is 1. The molecule has 2 aromatic rings. The largest absolute Gasteiger partial charge is 0.346 e. The Labute approximate surface area is 109 Å². The summed E-state index contributed by atoms with van der Waals surface area (Å²) < 4.78 is 0.745. The molecule has 0 radical (unpaired) electrons. The minimum Gasteiger partial charge on any atom is -0.346 e. The van der Waals surface area contributed by atoms with Crippen molar-refractivity contribution in [2.75, 3.05) is 0 Å². The quantitative estimate of drug-likeness (QED) is 0.844. The van der Waals surface area contributed by atoms with Crippen molar-refractivity contribution in [3.05, 3.63) is 51.8 Å². The summed E-state index contributed by atoms with van der Waals surface area (Å²) in [7, 11) is 0. The Bertz CT molecular complexity index is 592. The molecule has 17 heavy (non-hydrogen) atoms. The molecule has 0 fully saturated rings. The number of thioether (sulfide) groups is 1. The topological polar surface area (TPSA) is 41.6 Å². The maximum Gasteiger partial charge on any atom is 0.134 e. The van der Waals surface area contributed by atoms with Gasteiger partial charge in [-0.15, -0.1) is 0 Å². The zero-order valence-electron chi connectivity index (χ0n) is 9.14. The number of fused-ring (bicyclic) bond motifs is 1. The van der Waals surface area contributed by atoms with Gasteiger partial charge in [0.2, 0.25) is 0 Å². The number of hydrogen-bond acceptors (Lipinski definition) is 4. The van der Waals surface area contributed by atoms with E-state index in [0.717, 1.165) is 27.7 Å². The smallest absolute Gasteiger partial charge is 0.134 e. The van der Waals surface area contributed by atoms with Gasteiger partial charge in [-0.05, 0) is 12.1 Å². The first-order valence-electron chi connectivity index (χ1n) is 5.41. The van der Waals surface area contributed by atoms with Crippen molar-refractivity contribution < 1.29 is 0 Å². The molecule has 5 heteroatoms. The van der Waals surface area contributed by atoms with Gasteiger partial charge in [-0.1, -0.05) is 18.3 Å². The molecule has 0 atom stereocenters. The third kappa shape index (κ3) is 2.25. The molecular weight excluding hydrogens is 250 g/mol. The van der Waals surface area contributed by atoms with Crippen LogP contribution in [0.3, 0.4) is 0 Å². The summed E-state index contributed by atoms with van der Waals surface area (Å²) in [4.78, 5) is 12.1. The molecule has 0 amide bonds. The molecule has 0 bridgehead atoms. The number of hydrogen-bond donors (Lipinski definition) is 1. The average Bonchev–Trinajstić information content (AvgIpc) is 2.79. The minimum atomic E-state index is 0.711. The Morgan fingerprint density at radius 1 is 1.35 bits per heavy atom. The van der Waals surface area contributed by atoms with E-state index >= 15 is 0 Å². The summed E-state index contributed by atoms with van der Waals surface area (Å²) in [5, 5.41) is 0. The van der Waals surface area contributed by atoms with Crippen molar-refractivity contribution in [3.8, 4) is 0 Å². The highest BCUT2D eigenvalue weighted by atomic mass is 32.2. The lowest BCUT2D eigenvalue weighted by molar-refractivity contribution is 0.898. The lowest BCUT2D eigenvalue weighted by Crippen LogP contribution is -2.02. The Hall–Kier alpha value is -1.20. The first-order chi connectivity index (χ1) is 8.33. The van der Waals surface area contributed by atoms with Gasteiger partial charge in [0.05, 0.1) is 0 Å². The molecule has 2 aromatic heterocycles. The van der Waals surface area contributed by atoms with Gasteiger partial charge in [0, 0.05) is 41.1 Å². The van der Waals surface area contributed by atoms with Crippen molar-refractivity contribution >= 4 is 24.0 Å². The van der Waals surface area contributed by atoms with Crippen LogP contribution >= 0.6 is 24.0 Å². The molecule has 86 valence electrons. The molecule has 0 aromatic carbocycles. The third-order valence-corrected chi connectivity index (χ3v) is 4.04.